The Kier molecular flexibility index (Phi) is 6.26. The van der Waals surface area contributed by atoms with Crippen LogP contribution in [0.2, 0.25) is 0 Å². The van der Waals surface area contributed by atoms with Gasteiger partial charge < -0.3 is 5.11 Å². The number of rotatable bonds is 7. The van der Waals surface area contributed by atoms with Gasteiger partial charge in [0.05, 0.1) is 6.10 Å². The Morgan fingerprint density at radius 1 is 1.35 bits per heavy atom. The summed E-state index contributed by atoms with van der Waals surface area (Å²) >= 11 is 0. The zero-order valence-corrected chi connectivity index (χ0v) is 10.3. The van der Waals surface area contributed by atoms with E-state index in [1.54, 1.807) is 6.08 Å². The van der Waals surface area contributed by atoms with Gasteiger partial charge in [0.15, 0.2) is 0 Å². The molecule has 1 aromatic rings. The highest BCUT2D eigenvalue weighted by Gasteiger charge is 2.06. The van der Waals surface area contributed by atoms with E-state index in [9.17, 15) is 9.90 Å². The van der Waals surface area contributed by atoms with E-state index >= 15 is 0 Å². The fourth-order valence-electron chi connectivity index (χ4n) is 1.56. The number of ketones is 1. The lowest BCUT2D eigenvalue weighted by atomic mass is 10.1. The first kappa shape index (κ1) is 13.7. The molecule has 0 unspecified atom stereocenters. The van der Waals surface area contributed by atoms with Crippen LogP contribution in [-0.2, 0) is 4.79 Å². The van der Waals surface area contributed by atoms with Gasteiger partial charge in [-0.05, 0) is 12.0 Å². The summed E-state index contributed by atoms with van der Waals surface area (Å²) in [5.41, 5.74) is 1.03. The molecule has 0 amide bonds. The summed E-state index contributed by atoms with van der Waals surface area (Å²) in [4.78, 5) is 11.4. The Labute approximate surface area is 103 Å². The Morgan fingerprint density at radius 2 is 2.06 bits per heavy atom. The lowest BCUT2D eigenvalue weighted by Gasteiger charge is -2.04. The van der Waals surface area contributed by atoms with Gasteiger partial charge in [-0.25, -0.2) is 0 Å². The van der Waals surface area contributed by atoms with Crippen molar-refractivity contribution >= 4 is 11.9 Å². The average Bonchev–Trinajstić information content (AvgIpc) is 2.35. The minimum absolute atomic E-state index is 0.136. The second-order valence-corrected chi connectivity index (χ2v) is 4.18. The Balaban J connectivity index is 2.36. The zero-order valence-electron chi connectivity index (χ0n) is 10.3. The molecule has 0 aromatic heterocycles. The van der Waals surface area contributed by atoms with Gasteiger partial charge in [-0.1, -0.05) is 55.8 Å². The molecule has 0 bridgehead atoms. The highest BCUT2D eigenvalue weighted by atomic mass is 16.3. The van der Waals surface area contributed by atoms with Crippen LogP contribution >= 0.6 is 0 Å². The first-order valence-electron chi connectivity index (χ1n) is 6.15. The summed E-state index contributed by atoms with van der Waals surface area (Å²) in [5.74, 6) is 0.136. The fraction of sp³-hybridized carbons (Fsp3) is 0.400. The number of unbranched alkanes of at least 4 members (excludes halogenated alkanes) is 1. The predicted octanol–water partition coefficient (Wildman–Crippen LogP) is 3.21. The molecule has 1 rings (SSSR count). The zero-order chi connectivity index (χ0) is 12.5. The maximum atomic E-state index is 11.4. The first-order valence-corrected chi connectivity index (χ1v) is 6.15. The van der Waals surface area contributed by atoms with Crippen molar-refractivity contribution in [1.82, 2.24) is 0 Å². The number of aliphatic hydroxyl groups is 1. The van der Waals surface area contributed by atoms with Gasteiger partial charge >= 0.3 is 0 Å². The lowest BCUT2D eigenvalue weighted by Crippen LogP contribution is -2.10. The van der Waals surface area contributed by atoms with Crippen LogP contribution in [0, 0.1) is 0 Å². The van der Waals surface area contributed by atoms with E-state index in [1.165, 1.54) is 0 Å². The number of aliphatic hydroxyl groups excluding tert-OH is 1. The van der Waals surface area contributed by atoms with E-state index in [0.717, 1.165) is 18.4 Å². The molecule has 0 heterocycles. The molecule has 0 aliphatic heterocycles. The molecular formula is C15H20O2. The van der Waals surface area contributed by atoms with Gasteiger partial charge in [0.25, 0.3) is 0 Å². The number of Topliss-reactive ketones (excluding diaryl/α,β-unsaturated/α-hetero) is 1. The minimum atomic E-state index is -0.667. The molecule has 1 aromatic carbocycles. The molecule has 0 saturated heterocycles. The number of hydrogen-bond acceptors (Lipinski definition) is 2. The van der Waals surface area contributed by atoms with Gasteiger partial charge in [-0.2, -0.15) is 0 Å². The summed E-state index contributed by atoms with van der Waals surface area (Å²) in [7, 11) is 0. The van der Waals surface area contributed by atoms with Gasteiger partial charge in [-0.15, -0.1) is 0 Å². The largest absolute Gasteiger partial charge is 0.389 e. The van der Waals surface area contributed by atoms with E-state index in [4.69, 9.17) is 0 Å². The molecule has 1 N–H and O–H groups in total. The monoisotopic (exact) mass is 232 g/mol. The molecular weight excluding hydrogens is 212 g/mol. The summed E-state index contributed by atoms with van der Waals surface area (Å²) < 4.78 is 0. The predicted molar refractivity (Wildman–Crippen MR) is 70.6 cm³/mol. The lowest BCUT2D eigenvalue weighted by molar-refractivity contribution is -0.120. The van der Waals surface area contributed by atoms with Crippen molar-refractivity contribution in [2.24, 2.45) is 0 Å². The molecule has 92 valence electrons. The van der Waals surface area contributed by atoms with Gasteiger partial charge in [0, 0.05) is 12.8 Å². The SMILES string of the molecule is CCCCC(=O)C[C@@H](O)/C=C/c1ccccc1. The van der Waals surface area contributed by atoms with Crippen LogP contribution in [0.4, 0.5) is 0 Å². The van der Waals surface area contributed by atoms with E-state index in [1.807, 2.05) is 36.4 Å². The van der Waals surface area contributed by atoms with E-state index in [2.05, 4.69) is 6.92 Å². The van der Waals surface area contributed by atoms with Crippen molar-refractivity contribution in [2.45, 2.75) is 38.7 Å². The highest BCUT2D eigenvalue weighted by molar-refractivity contribution is 5.79. The molecule has 0 fully saturated rings. The fourth-order valence-corrected chi connectivity index (χ4v) is 1.56. The van der Waals surface area contributed by atoms with Crippen molar-refractivity contribution < 1.29 is 9.90 Å². The quantitative estimate of drug-likeness (QED) is 0.783. The summed E-state index contributed by atoms with van der Waals surface area (Å²) in [6.07, 6.45) is 5.59. The molecule has 0 saturated carbocycles. The van der Waals surface area contributed by atoms with Crippen molar-refractivity contribution in [3.8, 4) is 0 Å². The third-order valence-electron chi connectivity index (χ3n) is 2.56. The van der Waals surface area contributed by atoms with E-state index in [0.29, 0.717) is 6.42 Å². The third kappa shape index (κ3) is 6.03. The normalized spacial score (nSPS) is 12.8. The van der Waals surface area contributed by atoms with Crippen LogP contribution in [0.3, 0.4) is 0 Å². The van der Waals surface area contributed by atoms with E-state index in [-0.39, 0.29) is 12.2 Å². The van der Waals surface area contributed by atoms with Crippen LogP contribution in [-0.4, -0.2) is 17.0 Å². The average molecular weight is 232 g/mol. The minimum Gasteiger partial charge on any atom is -0.389 e. The van der Waals surface area contributed by atoms with Crippen LogP contribution in [0.25, 0.3) is 6.08 Å². The smallest absolute Gasteiger partial charge is 0.135 e. The molecule has 2 heteroatoms. The topological polar surface area (TPSA) is 37.3 Å². The van der Waals surface area contributed by atoms with Crippen molar-refractivity contribution in [2.75, 3.05) is 0 Å². The van der Waals surface area contributed by atoms with Gasteiger partial charge in [0.1, 0.15) is 5.78 Å². The van der Waals surface area contributed by atoms with Crippen LogP contribution < -0.4 is 0 Å². The molecule has 0 aliphatic carbocycles. The standard InChI is InChI=1S/C15H20O2/c1-2-3-9-14(16)12-15(17)11-10-13-7-5-4-6-8-13/h4-8,10-11,15,17H,2-3,9,12H2,1H3/b11-10+/t15-/m0/s1. The third-order valence-corrected chi connectivity index (χ3v) is 2.56. The second-order valence-electron chi connectivity index (χ2n) is 4.18. The number of benzene rings is 1. The first-order chi connectivity index (χ1) is 8.22. The Bertz CT molecular complexity index is 354. The van der Waals surface area contributed by atoms with Crippen molar-refractivity contribution in [3.63, 3.8) is 0 Å². The molecule has 0 spiro atoms. The van der Waals surface area contributed by atoms with Crippen LogP contribution in [0.1, 0.15) is 38.2 Å². The molecule has 0 radical (unpaired) electrons. The number of carbonyl (C=O) groups is 1. The molecule has 1 atom stereocenters. The maximum absolute atomic E-state index is 11.4. The van der Waals surface area contributed by atoms with Crippen molar-refractivity contribution in [1.29, 1.82) is 0 Å². The van der Waals surface area contributed by atoms with Crippen LogP contribution in [0.5, 0.6) is 0 Å². The Hall–Kier alpha value is -1.41. The van der Waals surface area contributed by atoms with Gasteiger partial charge in [0.2, 0.25) is 0 Å². The number of hydrogen-bond donors (Lipinski definition) is 1. The maximum Gasteiger partial charge on any atom is 0.135 e. The molecule has 2 nitrogen and oxygen atoms in total. The second kappa shape index (κ2) is 7.80. The highest BCUT2D eigenvalue weighted by Crippen LogP contribution is 2.06. The van der Waals surface area contributed by atoms with E-state index < -0.39 is 6.10 Å². The van der Waals surface area contributed by atoms with Crippen molar-refractivity contribution in [3.05, 3.63) is 42.0 Å². The number of carbonyl (C=O) groups excluding carboxylic acids is 1. The Morgan fingerprint density at radius 3 is 2.71 bits per heavy atom. The summed E-state index contributed by atoms with van der Waals surface area (Å²) in [5, 5.41) is 9.67. The summed E-state index contributed by atoms with van der Waals surface area (Å²) in [6.45, 7) is 2.05. The van der Waals surface area contributed by atoms with Crippen LogP contribution in [0.15, 0.2) is 36.4 Å². The molecule has 0 aliphatic rings. The molecule has 17 heavy (non-hydrogen) atoms. The van der Waals surface area contributed by atoms with Gasteiger partial charge in [-0.3, -0.25) is 4.79 Å². The summed E-state index contributed by atoms with van der Waals surface area (Å²) in [6, 6.07) is 9.75.